The highest BCUT2D eigenvalue weighted by molar-refractivity contribution is 7.14. The van der Waals surface area contributed by atoms with Gasteiger partial charge in [0, 0.05) is 31.1 Å². The second-order valence-electron chi connectivity index (χ2n) is 6.96. The van der Waals surface area contributed by atoms with Crippen molar-refractivity contribution in [3.05, 3.63) is 64.2 Å². The molecule has 0 radical (unpaired) electrons. The number of amides is 1. The van der Waals surface area contributed by atoms with E-state index in [1.165, 1.54) is 0 Å². The van der Waals surface area contributed by atoms with Crippen LogP contribution < -0.4 is 4.74 Å². The van der Waals surface area contributed by atoms with E-state index in [0.29, 0.717) is 0 Å². The van der Waals surface area contributed by atoms with Gasteiger partial charge < -0.3 is 14.1 Å². The number of ether oxygens (including phenoxy) is 1. The Bertz CT molecular complexity index is 923. The molecule has 3 heterocycles. The predicted molar refractivity (Wildman–Crippen MR) is 111 cm³/mol. The van der Waals surface area contributed by atoms with Gasteiger partial charge in [0.05, 0.1) is 24.8 Å². The Morgan fingerprint density at radius 1 is 1.14 bits per heavy atom. The van der Waals surface area contributed by atoms with Crippen molar-refractivity contribution in [3.8, 4) is 16.9 Å². The third-order valence-electron chi connectivity index (χ3n) is 5.15. The highest BCUT2D eigenvalue weighted by Gasteiger charge is 2.24. The Balaban J connectivity index is 1.41. The van der Waals surface area contributed by atoms with Crippen LogP contribution in [0.5, 0.6) is 5.75 Å². The third kappa shape index (κ3) is 3.98. The summed E-state index contributed by atoms with van der Waals surface area (Å²) in [5, 5.41) is 0. The lowest BCUT2D eigenvalue weighted by molar-refractivity contribution is 0.0625. The number of carbonyl (C=O) groups excluding carboxylic acids is 1. The fourth-order valence-corrected chi connectivity index (χ4v) is 4.54. The van der Waals surface area contributed by atoms with Crippen LogP contribution in [-0.4, -0.2) is 49.0 Å². The average Bonchev–Trinajstić information content (AvgIpc) is 3.38. The zero-order chi connectivity index (χ0) is 19.5. The molecule has 0 spiro atoms. The summed E-state index contributed by atoms with van der Waals surface area (Å²) in [7, 11) is 1.66. The van der Waals surface area contributed by atoms with Crippen LogP contribution in [0.4, 0.5) is 0 Å². The zero-order valence-corrected chi connectivity index (χ0v) is 17.0. The predicted octanol–water partition coefficient (Wildman–Crippen LogP) is 4.28. The van der Waals surface area contributed by atoms with Crippen LogP contribution in [0.2, 0.25) is 0 Å². The monoisotopic (exact) mass is 396 g/mol. The number of hydrogen-bond acceptors (Lipinski definition) is 5. The van der Waals surface area contributed by atoms with Gasteiger partial charge in [-0.05, 0) is 48.4 Å². The Hall–Kier alpha value is -2.57. The van der Waals surface area contributed by atoms with Crippen molar-refractivity contribution < 1.29 is 13.9 Å². The van der Waals surface area contributed by atoms with Gasteiger partial charge in [0.15, 0.2) is 0 Å². The van der Waals surface area contributed by atoms with Gasteiger partial charge in [0.2, 0.25) is 0 Å². The molecule has 0 bridgehead atoms. The van der Waals surface area contributed by atoms with Crippen molar-refractivity contribution in [1.82, 2.24) is 9.80 Å². The standard InChI is InChI=1S/C22H24N2O3S/c1-16-20(17-5-7-18(26-2)8-6-17)14-21(28-16)22(25)24-11-9-23(10-12-24)15-19-4-3-13-27-19/h3-8,13-14H,9-12,15H2,1-2H3. The largest absolute Gasteiger partial charge is 0.497 e. The summed E-state index contributed by atoms with van der Waals surface area (Å²) in [6.07, 6.45) is 1.70. The Morgan fingerprint density at radius 2 is 1.89 bits per heavy atom. The number of carbonyl (C=O) groups is 1. The molecule has 146 valence electrons. The van der Waals surface area contributed by atoms with Gasteiger partial charge in [0.1, 0.15) is 11.5 Å². The molecule has 1 fully saturated rings. The first kappa shape index (κ1) is 18.8. The second-order valence-corrected chi connectivity index (χ2v) is 8.21. The molecule has 4 rings (SSSR count). The molecule has 6 heteroatoms. The van der Waals surface area contributed by atoms with Gasteiger partial charge >= 0.3 is 0 Å². The molecule has 28 heavy (non-hydrogen) atoms. The molecule has 1 aliphatic rings. The van der Waals surface area contributed by atoms with Crippen molar-refractivity contribution in [1.29, 1.82) is 0 Å². The smallest absolute Gasteiger partial charge is 0.264 e. The van der Waals surface area contributed by atoms with Crippen molar-refractivity contribution >= 4 is 17.2 Å². The number of benzene rings is 1. The number of furan rings is 1. The summed E-state index contributed by atoms with van der Waals surface area (Å²) in [5.41, 5.74) is 2.23. The van der Waals surface area contributed by atoms with Crippen molar-refractivity contribution in [2.75, 3.05) is 33.3 Å². The van der Waals surface area contributed by atoms with E-state index < -0.39 is 0 Å². The minimum atomic E-state index is 0.130. The lowest BCUT2D eigenvalue weighted by Crippen LogP contribution is -2.48. The molecule has 2 aromatic heterocycles. The van der Waals surface area contributed by atoms with E-state index >= 15 is 0 Å². The van der Waals surface area contributed by atoms with Gasteiger partial charge in [0.25, 0.3) is 5.91 Å². The number of rotatable bonds is 5. The van der Waals surface area contributed by atoms with E-state index in [0.717, 1.165) is 65.1 Å². The van der Waals surface area contributed by atoms with Crippen LogP contribution in [0.1, 0.15) is 20.3 Å². The van der Waals surface area contributed by atoms with E-state index in [1.54, 1.807) is 24.7 Å². The topological polar surface area (TPSA) is 45.9 Å². The first-order chi connectivity index (χ1) is 13.6. The Morgan fingerprint density at radius 3 is 2.54 bits per heavy atom. The normalized spacial score (nSPS) is 15.0. The Labute approximate surface area is 169 Å². The van der Waals surface area contributed by atoms with Crippen molar-refractivity contribution in [2.45, 2.75) is 13.5 Å². The molecule has 5 nitrogen and oxygen atoms in total. The fourth-order valence-electron chi connectivity index (χ4n) is 3.53. The van der Waals surface area contributed by atoms with E-state index in [4.69, 9.17) is 9.15 Å². The van der Waals surface area contributed by atoms with Crippen LogP contribution in [0.25, 0.3) is 11.1 Å². The SMILES string of the molecule is COc1ccc(-c2cc(C(=O)N3CCN(Cc4ccco4)CC3)sc2C)cc1. The number of hydrogen-bond donors (Lipinski definition) is 0. The number of thiophene rings is 1. The van der Waals surface area contributed by atoms with Gasteiger partial charge in [-0.1, -0.05) is 12.1 Å². The maximum absolute atomic E-state index is 13.0. The first-order valence-corrected chi connectivity index (χ1v) is 10.2. The minimum absolute atomic E-state index is 0.130. The summed E-state index contributed by atoms with van der Waals surface area (Å²) < 4.78 is 10.7. The molecular formula is C22H24N2O3S. The number of methoxy groups -OCH3 is 1. The maximum Gasteiger partial charge on any atom is 0.264 e. The third-order valence-corrected chi connectivity index (χ3v) is 6.19. The van der Waals surface area contributed by atoms with Gasteiger partial charge in [-0.25, -0.2) is 0 Å². The number of nitrogens with zero attached hydrogens (tertiary/aromatic N) is 2. The fraction of sp³-hybridized carbons (Fsp3) is 0.318. The first-order valence-electron chi connectivity index (χ1n) is 9.43. The molecule has 1 aliphatic heterocycles. The summed E-state index contributed by atoms with van der Waals surface area (Å²) in [6.45, 7) is 6.09. The van der Waals surface area contributed by atoms with Crippen LogP contribution in [-0.2, 0) is 6.54 Å². The van der Waals surface area contributed by atoms with Gasteiger partial charge in [-0.2, -0.15) is 0 Å². The summed E-state index contributed by atoms with van der Waals surface area (Å²) >= 11 is 1.57. The average molecular weight is 397 g/mol. The van der Waals surface area contributed by atoms with Gasteiger partial charge in [-0.15, -0.1) is 11.3 Å². The van der Waals surface area contributed by atoms with E-state index in [1.807, 2.05) is 47.4 Å². The molecule has 0 unspecified atom stereocenters. The van der Waals surface area contributed by atoms with Crippen LogP contribution >= 0.6 is 11.3 Å². The van der Waals surface area contributed by atoms with Crippen LogP contribution in [0, 0.1) is 6.92 Å². The highest BCUT2D eigenvalue weighted by atomic mass is 32.1. The summed E-state index contributed by atoms with van der Waals surface area (Å²) in [6, 6.07) is 13.9. The summed E-state index contributed by atoms with van der Waals surface area (Å²) in [4.78, 5) is 19.3. The molecule has 0 aliphatic carbocycles. The number of piperazine rings is 1. The lowest BCUT2D eigenvalue weighted by Gasteiger charge is -2.34. The van der Waals surface area contributed by atoms with Crippen molar-refractivity contribution in [2.24, 2.45) is 0 Å². The second kappa shape index (κ2) is 8.20. The Kier molecular flexibility index (Phi) is 5.50. The van der Waals surface area contributed by atoms with E-state index in [-0.39, 0.29) is 5.91 Å². The minimum Gasteiger partial charge on any atom is -0.497 e. The van der Waals surface area contributed by atoms with E-state index in [2.05, 4.69) is 11.8 Å². The highest BCUT2D eigenvalue weighted by Crippen LogP contribution is 2.32. The number of aryl methyl sites for hydroxylation is 1. The van der Waals surface area contributed by atoms with Gasteiger partial charge in [-0.3, -0.25) is 9.69 Å². The summed E-state index contributed by atoms with van der Waals surface area (Å²) in [5.74, 6) is 1.93. The zero-order valence-electron chi connectivity index (χ0n) is 16.2. The molecule has 1 amide bonds. The van der Waals surface area contributed by atoms with Crippen molar-refractivity contribution in [3.63, 3.8) is 0 Å². The van der Waals surface area contributed by atoms with Crippen LogP contribution in [0.15, 0.2) is 53.1 Å². The molecular weight excluding hydrogens is 372 g/mol. The molecule has 0 atom stereocenters. The maximum atomic E-state index is 13.0. The molecule has 1 aromatic carbocycles. The lowest BCUT2D eigenvalue weighted by atomic mass is 10.1. The molecule has 3 aromatic rings. The van der Waals surface area contributed by atoms with E-state index in [9.17, 15) is 4.79 Å². The quantitative estimate of drug-likeness (QED) is 0.646. The molecule has 1 saturated heterocycles. The van der Waals surface area contributed by atoms with Crippen LogP contribution in [0.3, 0.4) is 0 Å². The molecule has 0 N–H and O–H groups in total. The molecule has 0 saturated carbocycles.